The molecular weight excluding hydrogens is 134 g/mol. The van der Waals surface area contributed by atoms with Crippen molar-refractivity contribution in [3.63, 3.8) is 0 Å². The molecule has 1 atom stereocenters. The van der Waals surface area contributed by atoms with E-state index >= 15 is 0 Å². The van der Waals surface area contributed by atoms with Crippen molar-refractivity contribution in [2.75, 3.05) is 0 Å². The molecule has 8 heavy (non-hydrogen) atoms. The number of hydrogen-bond acceptors (Lipinski definition) is 2. The molecule has 0 aliphatic carbocycles. The second-order valence-electron chi connectivity index (χ2n) is 1.43. The molecule has 2 nitrogen and oxygen atoms in total. The minimum Gasteiger partial charge on any atom is -0.467 e. The highest BCUT2D eigenvalue weighted by Gasteiger charge is 1.98. The van der Waals surface area contributed by atoms with Crippen LogP contribution in [0.15, 0.2) is 12.7 Å². The van der Waals surface area contributed by atoms with E-state index in [9.17, 15) is 0 Å². The topological polar surface area (TPSA) is 33.0 Å². The van der Waals surface area contributed by atoms with Gasteiger partial charge in [0.05, 0.1) is 11.6 Å². The molecule has 0 rings (SSSR count). The molecule has 0 bridgehead atoms. The number of nitriles is 1. The van der Waals surface area contributed by atoms with Crippen LogP contribution in [-0.2, 0) is 4.12 Å². The Labute approximate surface area is 54.6 Å². The fourth-order valence-electron chi connectivity index (χ4n) is 0.338. The van der Waals surface area contributed by atoms with Gasteiger partial charge in [0.1, 0.15) is 10.5 Å². The summed E-state index contributed by atoms with van der Waals surface area (Å²) in [5.41, 5.74) is 0.0208. The summed E-state index contributed by atoms with van der Waals surface area (Å²) >= 11 is 0. The van der Waals surface area contributed by atoms with Gasteiger partial charge in [0.15, 0.2) is 9.76 Å². The average molecular weight is 143 g/mol. The third-order valence-electron chi connectivity index (χ3n) is 0.797. The lowest BCUT2D eigenvalue weighted by Gasteiger charge is -1.96. The molecule has 0 radical (unpaired) electrons. The zero-order chi connectivity index (χ0) is 6.41. The van der Waals surface area contributed by atoms with Crippen LogP contribution in [-0.4, -0.2) is 20.2 Å². The number of hydrogen-bond donors (Lipinski definition) is 0. The third-order valence-corrected chi connectivity index (χ3v) is 3.00. The van der Waals surface area contributed by atoms with Crippen molar-refractivity contribution >= 4 is 20.2 Å². The standard InChI is InChI=1S/C4H9NOSi2/c1-2-4(3-5)8-6-7/h2,4H,1,8H2,7H3. The Bertz CT molecular complexity index is 109. The Morgan fingerprint density at radius 3 is 2.75 bits per heavy atom. The maximum absolute atomic E-state index is 8.31. The zero-order valence-corrected chi connectivity index (χ0v) is 8.34. The highest BCUT2D eigenvalue weighted by Crippen LogP contribution is 1.99. The van der Waals surface area contributed by atoms with Gasteiger partial charge in [-0.25, -0.2) is 0 Å². The second-order valence-corrected chi connectivity index (χ2v) is 4.95. The van der Waals surface area contributed by atoms with Gasteiger partial charge in [0, 0.05) is 0 Å². The molecule has 1 unspecified atom stereocenters. The molecule has 4 heteroatoms. The largest absolute Gasteiger partial charge is 0.467 e. The van der Waals surface area contributed by atoms with Gasteiger partial charge in [-0.1, -0.05) is 6.08 Å². The highest BCUT2D eigenvalue weighted by atomic mass is 28.3. The minimum absolute atomic E-state index is 0.0208. The highest BCUT2D eigenvalue weighted by molar-refractivity contribution is 6.37. The van der Waals surface area contributed by atoms with Crippen molar-refractivity contribution in [3.05, 3.63) is 12.7 Å². The average Bonchev–Trinajstić information content (AvgIpc) is 1.83. The Kier molecular flexibility index (Phi) is 4.55. The van der Waals surface area contributed by atoms with Gasteiger partial charge in [-0.05, 0) is 0 Å². The summed E-state index contributed by atoms with van der Waals surface area (Å²) in [4.78, 5) is 0. The van der Waals surface area contributed by atoms with Crippen molar-refractivity contribution in [1.82, 2.24) is 0 Å². The molecule has 44 valence electrons. The van der Waals surface area contributed by atoms with Crippen molar-refractivity contribution < 1.29 is 4.12 Å². The van der Waals surface area contributed by atoms with Crippen LogP contribution in [0.5, 0.6) is 0 Å². The quantitative estimate of drug-likeness (QED) is 0.370. The zero-order valence-electron chi connectivity index (χ0n) is 4.92. The number of nitrogens with zero attached hydrogens (tertiary/aromatic N) is 1. The molecule has 0 aliphatic heterocycles. The van der Waals surface area contributed by atoms with E-state index in [1.165, 1.54) is 0 Å². The minimum atomic E-state index is -0.582. The molecule has 0 aromatic rings. The van der Waals surface area contributed by atoms with E-state index in [-0.39, 0.29) is 5.54 Å². The smallest absolute Gasteiger partial charge is 0.167 e. The molecule has 0 fully saturated rings. The first-order valence-electron chi connectivity index (χ1n) is 2.36. The number of allylic oxidation sites excluding steroid dienone is 1. The van der Waals surface area contributed by atoms with Gasteiger partial charge >= 0.3 is 0 Å². The first-order valence-corrected chi connectivity index (χ1v) is 4.57. The lowest BCUT2D eigenvalue weighted by molar-refractivity contribution is 0.658. The third kappa shape index (κ3) is 2.74. The molecule has 0 amide bonds. The summed E-state index contributed by atoms with van der Waals surface area (Å²) in [6.45, 7) is 3.50. The van der Waals surface area contributed by atoms with E-state index < -0.39 is 9.76 Å². The molecule has 0 heterocycles. The Hall–Kier alpha value is -0.376. The van der Waals surface area contributed by atoms with E-state index in [2.05, 4.69) is 12.6 Å². The first-order chi connectivity index (χ1) is 3.85. The van der Waals surface area contributed by atoms with E-state index in [1.807, 2.05) is 0 Å². The Morgan fingerprint density at radius 1 is 2.00 bits per heavy atom. The van der Waals surface area contributed by atoms with Crippen LogP contribution in [0.3, 0.4) is 0 Å². The van der Waals surface area contributed by atoms with Gasteiger partial charge in [-0.2, -0.15) is 5.26 Å². The van der Waals surface area contributed by atoms with Gasteiger partial charge in [-0.15, -0.1) is 6.58 Å². The maximum atomic E-state index is 8.31. The summed E-state index contributed by atoms with van der Waals surface area (Å²) in [6.07, 6.45) is 1.66. The summed E-state index contributed by atoms with van der Waals surface area (Å²) in [5.74, 6) is 0. The summed E-state index contributed by atoms with van der Waals surface area (Å²) in [7, 11) is 0.177. The maximum Gasteiger partial charge on any atom is 0.167 e. The Balaban J connectivity index is 3.40. The monoisotopic (exact) mass is 143 g/mol. The van der Waals surface area contributed by atoms with Gasteiger partial charge in [0.25, 0.3) is 0 Å². The fourth-order valence-corrected chi connectivity index (χ4v) is 1.98. The molecule has 0 aromatic heterocycles. The van der Waals surface area contributed by atoms with Crippen LogP contribution in [0.1, 0.15) is 0 Å². The Morgan fingerprint density at radius 2 is 2.62 bits per heavy atom. The van der Waals surface area contributed by atoms with Crippen molar-refractivity contribution in [1.29, 1.82) is 5.26 Å². The summed E-state index contributed by atoms with van der Waals surface area (Å²) in [5, 5.41) is 8.31. The summed E-state index contributed by atoms with van der Waals surface area (Å²) < 4.78 is 4.97. The van der Waals surface area contributed by atoms with Gasteiger partial charge < -0.3 is 4.12 Å². The van der Waals surface area contributed by atoms with Crippen LogP contribution >= 0.6 is 0 Å². The van der Waals surface area contributed by atoms with Crippen molar-refractivity contribution in [3.8, 4) is 6.07 Å². The van der Waals surface area contributed by atoms with Crippen LogP contribution in [0.25, 0.3) is 0 Å². The van der Waals surface area contributed by atoms with Crippen molar-refractivity contribution in [2.45, 2.75) is 5.54 Å². The van der Waals surface area contributed by atoms with E-state index in [0.717, 1.165) is 10.5 Å². The SMILES string of the molecule is C=CC(C#N)[SiH2]O[SiH3]. The molecule has 0 saturated carbocycles. The lowest BCUT2D eigenvalue weighted by atomic mass is 10.5. The van der Waals surface area contributed by atoms with E-state index in [4.69, 9.17) is 9.38 Å². The number of rotatable bonds is 3. The lowest BCUT2D eigenvalue weighted by Crippen LogP contribution is -2.00. The van der Waals surface area contributed by atoms with Crippen LogP contribution in [0, 0.1) is 11.3 Å². The predicted octanol–water partition coefficient (Wildman–Crippen LogP) is -1.13. The normalized spacial score (nSPS) is 13.9. The second kappa shape index (κ2) is 4.77. The first kappa shape index (κ1) is 7.62. The predicted molar refractivity (Wildman–Crippen MR) is 39.1 cm³/mol. The molecule has 0 spiro atoms. The molecular formula is C4H9NOSi2. The van der Waals surface area contributed by atoms with Crippen LogP contribution in [0.4, 0.5) is 0 Å². The molecule has 0 N–H and O–H groups in total. The van der Waals surface area contributed by atoms with Crippen molar-refractivity contribution in [2.24, 2.45) is 0 Å². The van der Waals surface area contributed by atoms with E-state index in [1.54, 1.807) is 6.08 Å². The van der Waals surface area contributed by atoms with Gasteiger partial charge in [-0.3, -0.25) is 0 Å². The van der Waals surface area contributed by atoms with Crippen LogP contribution in [0.2, 0.25) is 5.54 Å². The molecule has 0 aromatic carbocycles. The molecule has 0 aliphatic rings. The fraction of sp³-hybridized carbons (Fsp3) is 0.250. The van der Waals surface area contributed by atoms with Crippen LogP contribution < -0.4 is 0 Å². The summed E-state index contributed by atoms with van der Waals surface area (Å²) in [6, 6.07) is 2.09. The molecule has 0 saturated heterocycles. The van der Waals surface area contributed by atoms with Gasteiger partial charge in [0.2, 0.25) is 0 Å². The van der Waals surface area contributed by atoms with E-state index in [0.29, 0.717) is 0 Å².